The summed E-state index contributed by atoms with van der Waals surface area (Å²) in [6.07, 6.45) is 1.64. The van der Waals surface area contributed by atoms with Crippen molar-refractivity contribution < 1.29 is 13.2 Å². The van der Waals surface area contributed by atoms with Crippen molar-refractivity contribution in [1.82, 2.24) is 14.5 Å². The average Bonchev–Trinajstić information content (AvgIpc) is 3.04. The number of hydrogen-bond donors (Lipinski definition) is 1. The smallest absolute Gasteiger partial charge is 0.326 e. The lowest BCUT2D eigenvalue weighted by molar-refractivity contribution is -0.130. The molecule has 3 rings (SSSR count). The summed E-state index contributed by atoms with van der Waals surface area (Å²) in [5.41, 5.74) is 1.00. The highest BCUT2D eigenvalue weighted by Gasteiger charge is 2.32. The Morgan fingerprint density at radius 2 is 2.09 bits per heavy atom. The molecule has 118 valence electrons. The molecule has 1 aromatic carbocycles. The van der Waals surface area contributed by atoms with Gasteiger partial charge in [-0.1, -0.05) is 12.1 Å². The van der Waals surface area contributed by atoms with Crippen LogP contribution in [0.1, 0.15) is 6.42 Å². The summed E-state index contributed by atoms with van der Waals surface area (Å²) < 4.78 is 24.5. The molecule has 1 aliphatic heterocycles. The summed E-state index contributed by atoms with van der Waals surface area (Å²) in [5.74, 6) is -0.238. The van der Waals surface area contributed by atoms with Gasteiger partial charge in [0.2, 0.25) is 5.91 Å². The molecule has 1 fully saturated rings. The summed E-state index contributed by atoms with van der Waals surface area (Å²) in [6.45, 7) is 0.530. The molecule has 8 heteroatoms. The lowest BCUT2D eigenvalue weighted by Gasteiger charge is -2.16. The second-order valence-electron chi connectivity index (χ2n) is 5.61. The topological polar surface area (TPSA) is 92.2 Å². The van der Waals surface area contributed by atoms with E-state index < -0.39 is 15.1 Å². The molecule has 2 aromatic rings. The Labute approximate surface area is 127 Å². The molecule has 22 heavy (non-hydrogen) atoms. The molecule has 1 aliphatic rings. The van der Waals surface area contributed by atoms with Crippen LogP contribution in [-0.4, -0.2) is 53.4 Å². The van der Waals surface area contributed by atoms with Crippen LogP contribution in [0, 0.1) is 0 Å². The maximum Gasteiger partial charge on any atom is 0.326 e. The zero-order valence-electron chi connectivity index (χ0n) is 12.2. The van der Waals surface area contributed by atoms with Crippen LogP contribution in [0.4, 0.5) is 0 Å². The highest BCUT2D eigenvalue weighted by atomic mass is 32.2. The van der Waals surface area contributed by atoms with Gasteiger partial charge in [-0.3, -0.25) is 9.36 Å². The Morgan fingerprint density at radius 3 is 2.77 bits per heavy atom. The predicted molar refractivity (Wildman–Crippen MR) is 82.4 cm³/mol. The van der Waals surface area contributed by atoms with E-state index in [0.29, 0.717) is 24.0 Å². The summed E-state index contributed by atoms with van der Waals surface area (Å²) in [6, 6.07) is 7.14. The number of hydrogen-bond acceptors (Lipinski definition) is 4. The number of amides is 1. The third-order valence-corrected chi connectivity index (χ3v) is 5.67. The van der Waals surface area contributed by atoms with E-state index in [4.69, 9.17) is 0 Å². The quantitative estimate of drug-likeness (QED) is 0.859. The maximum absolute atomic E-state index is 12.3. The van der Waals surface area contributed by atoms with Gasteiger partial charge in [0.15, 0.2) is 9.84 Å². The SMILES string of the molecule is CS(=O)(=O)C1CCN(C(=O)Cn2c(=O)[nH]c3ccccc32)C1. The van der Waals surface area contributed by atoms with Gasteiger partial charge in [-0.15, -0.1) is 0 Å². The first-order valence-electron chi connectivity index (χ1n) is 7.00. The molecule has 1 saturated heterocycles. The number of imidazole rings is 1. The Balaban J connectivity index is 1.80. The number of fused-ring (bicyclic) bond motifs is 1. The predicted octanol–water partition coefficient (Wildman–Crippen LogP) is -0.0249. The van der Waals surface area contributed by atoms with Gasteiger partial charge in [0.1, 0.15) is 6.54 Å². The maximum atomic E-state index is 12.3. The van der Waals surface area contributed by atoms with Crippen molar-refractivity contribution in [3.8, 4) is 0 Å². The van der Waals surface area contributed by atoms with E-state index in [0.717, 1.165) is 0 Å². The van der Waals surface area contributed by atoms with Crippen LogP contribution in [0.15, 0.2) is 29.1 Å². The van der Waals surface area contributed by atoms with Crippen molar-refractivity contribution in [3.63, 3.8) is 0 Å². The summed E-state index contributed by atoms with van der Waals surface area (Å²) >= 11 is 0. The fraction of sp³-hybridized carbons (Fsp3) is 0.429. The minimum atomic E-state index is -3.14. The van der Waals surface area contributed by atoms with E-state index in [1.807, 2.05) is 6.07 Å². The number of nitrogens with zero attached hydrogens (tertiary/aromatic N) is 2. The first kappa shape index (κ1) is 14.8. The van der Waals surface area contributed by atoms with Crippen LogP contribution >= 0.6 is 0 Å². The molecule has 0 spiro atoms. The first-order chi connectivity index (χ1) is 10.4. The number of carbonyl (C=O) groups is 1. The van der Waals surface area contributed by atoms with Crippen molar-refractivity contribution in [2.24, 2.45) is 0 Å². The summed E-state index contributed by atoms with van der Waals surface area (Å²) in [4.78, 5) is 28.5. The Hall–Kier alpha value is -2.09. The van der Waals surface area contributed by atoms with E-state index >= 15 is 0 Å². The third kappa shape index (κ3) is 2.66. The Kier molecular flexibility index (Phi) is 3.56. The van der Waals surface area contributed by atoms with E-state index in [-0.39, 0.29) is 24.7 Å². The number of para-hydroxylation sites is 2. The third-order valence-electron chi connectivity index (χ3n) is 4.08. The molecule has 1 atom stereocenters. The van der Waals surface area contributed by atoms with Crippen LogP contribution in [0.3, 0.4) is 0 Å². The van der Waals surface area contributed by atoms with Gasteiger partial charge in [0.05, 0.1) is 16.3 Å². The number of benzene rings is 1. The summed E-state index contributed by atoms with van der Waals surface area (Å²) in [7, 11) is -3.14. The number of sulfone groups is 1. The minimum Gasteiger partial charge on any atom is -0.340 e. The summed E-state index contributed by atoms with van der Waals surface area (Å²) in [5, 5.41) is -0.504. The molecule has 1 N–H and O–H groups in total. The van der Waals surface area contributed by atoms with Crippen molar-refractivity contribution >= 4 is 26.8 Å². The van der Waals surface area contributed by atoms with Crippen LogP contribution in [0.25, 0.3) is 11.0 Å². The molecule has 1 amide bonds. The monoisotopic (exact) mass is 323 g/mol. The molecular formula is C14H17N3O4S. The van der Waals surface area contributed by atoms with Gasteiger partial charge < -0.3 is 9.88 Å². The number of likely N-dealkylation sites (tertiary alicyclic amines) is 1. The van der Waals surface area contributed by atoms with E-state index in [1.54, 1.807) is 18.2 Å². The Bertz CT molecular complexity index is 881. The van der Waals surface area contributed by atoms with Crippen LogP contribution in [0.2, 0.25) is 0 Å². The number of nitrogens with one attached hydrogen (secondary N) is 1. The second kappa shape index (κ2) is 5.28. The number of carbonyl (C=O) groups excluding carboxylic acids is 1. The van der Waals surface area contributed by atoms with Gasteiger partial charge in [0, 0.05) is 19.3 Å². The van der Waals surface area contributed by atoms with Gasteiger partial charge in [-0.2, -0.15) is 0 Å². The van der Waals surface area contributed by atoms with Gasteiger partial charge in [-0.25, -0.2) is 13.2 Å². The standard InChI is InChI=1S/C14H17N3O4S/c1-22(20,21)10-6-7-16(8-10)13(18)9-17-12-5-3-2-4-11(12)15-14(17)19/h2-5,10H,6-9H2,1H3,(H,15,19). The lowest BCUT2D eigenvalue weighted by Crippen LogP contribution is -2.35. The zero-order valence-corrected chi connectivity index (χ0v) is 13.0. The number of aromatic nitrogens is 2. The normalized spacial score (nSPS) is 19.0. The van der Waals surface area contributed by atoms with Crippen LogP contribution in [-0.2, 0) is 21.2 Å². The average molecular weight is 323 g/mol. The largest absolute Gasteiger partial charge is 0.340 e. The number of rotatable bonds is 3. The van der Waals surface area contributed by atoms with Crippen molar-refractivity contribution in [1.29, 1.82) is 0 Å². The molecule has 1 aromatic heterocycles. The Morgan fingerprint density at radius 1 is 1.36 bits per heavy atom. The molecular weight excluding hydrogens is 306 g/mol. The van der Waals surface area contributed by atoms with Crippen molar-refractivity contribution in [2.45, 2.75) is 18.2 Å². The molecule has 1 unspecified atom stereocenters. The van der Waals surface area contributed by atoms with Gasteiger partial charge in [-0.05, 0) is 18.6 Å². The van der Waals surface area contributed by atoms with E-state index in [2.05, 4.69) is 4.98 Å². The molecule has 0 saturated carbocycles. The second-order valence-corrected chi connectivity index (χ2v) is 7.94. The highest BCUT2D eigenvalue weighted by Crippen LogP contribution is 2.17. The van der Waals surface area contributed by atoms with E-state index in [1.165, 1.54) is 15.7 Å². The molecule has 0 radical (unpaired) electrons. The molecule has 2 heterocycles. The van der Waals surface area contributed by atoms with Gasteiger partial charge >= 0.3 is 5.69 Å². The zero-order chi connectivity index (χ0) is 15.9. The van der Waals surface area contributed by atoms with Gasteiger partial charge in [0.25, 0.3) is 0 Å². The molecule has 7 nitrogen and oxygen atoms in total. The fourth-order valence-corrected chi connectivity index (χ4v) is 3.79. The van der Waals surface area contributed by atoms with Crippen LogP contribution in [0.5, 0.6) is 0 Å². The molecule has 0 bridgehead atoms. The fourth-order valence-electron chi connectivity index (χ4n) is 2.80. The lowest BCUT2D eigenvalue weighted by atomic mass is 10.3. The van der Waals surface area contributed by atoms with Crippen molar-refractivity contribution in [2.75, 3.05) is 19.3 Å². The highest BCUT2D eigenvalue weighted by molar-refractivity contribution is 7.91. The number of H-pyrrole nitrogens is 1. The molecule has 0 aliphatic carbocycles. The number of aromatic amines is 1. The first-order valence-corrected chi connectivity index (χ1v) is 8.96. The van der Waals surface area contributed by atoms with Crippen LogP contribution < -0.4 is 5.69 Å². The van der Waals surface area contributed by atoms with E-state index in [9.17, 15) is 18.0 Å². The van der Waals surface area contributed by atoms with Crippen molar-refractivity contribution in [3.05, 3.63) is 34.7 Å². The minimum absolute atomic E-state index is 0.0840.